The lowest BCUT2D eigenvalue weighted by molar-refractivity contribution is 0.0809. The number of nitrogens with one attached hydrogen (secondary N) is 1. The molecule has 0 aliphatic carbocycles. The first kappa shape index (κ1) is 28.8. The minimum Gasteiger partial charge on any atom is -0.507 e. The van der Waals surface area contributed by atoms with E-state index in [4.69, 9.17) is 16.3 Å². The number of aromatic hydroxyl groups is 1. The van der Waals surface area contributed by atoms with Gasteiger partial charge in [0.2, 0.25) is 0 Å². The van der Waals surface area contributed by atoms with Crippen LogP contribution >= 0.6 is 22.9 Å². The minimum atomic E-state index is -0.922. The van der Waals surface area contributed by atoms with E-state index >= 15 is 0 Å². The summed E-state index contributed by atoms with van der Waals surface area (Å²) >= 11 is 7.08. The van der Waals surface area contributed by atoms with Gasteiger partial charge < -0.3 is 25.2 Å². The summed E-state index contributed by atoms with van der Waals surface area (Å²) in [5, 5.41) is 24.1. The molecule has 0 radical (unpaired) electrons. The molecule has 39 heavy (non-hydrogen) atoms. The van der Waals surface area contributed by atoms with Gasteiger partial charge in [0.05, 0.1) is 27.1 Å². The summed E-state index contributed by atoms with van der Waals surface area (Å²) in [5.74, 6) is -1.60. The molecule has 0 spiro atoms. The van der Waals surface area contributed by atoms with Crippen LogP contribution in [0.3, 0.4) is 0 Å². The second kappa shape index (κ2) is 12.3. The van der Waals surface area contributed by atoms with E-state index in [0.29, 0.717) is 34.0 Å². The Kier molecular flexibility index (Phi) is 9.09. The SMILES string of the molecule is CC(C)(O)Cc1ncc(-c2cc(F)c(C(=O)NCc3ccc(Cl)cc3)cc2O)s1.O=C1OCC2CCCCN12. The molecule has 208 valence electrons. The number of fused-ring (bicyclic) bond motifs is 1. The van der Waals surface area contributed by atoms with Crippen molar-refractivity contribution in [1.82, 2.24) is 15.2 Å². The number of ether oxygens (including phenoxy) is 1. The number of piperidine rings is 1. The molecule has 5 rings (SSSR count). The number of amides is 2. The van der Waals surface area contributed by atoms with Crippen molar-refractivity contribution in [2.75, 3.05) is 13.2 Å². The lowest BCUT2D eigenvalue weighted by atomic mass is 10.0. The van der Waals surface area contributed by atoms with Gasteiger partial charge in [-0.1, -0.05) is 23.7 Å². The number of thiazole rings is 1. The fraction of sp³-hybridized carbons (Fsp3) is 0.393. The maximum Gasteiger partial charge on any atom is 0.410 e. The Morgan fingerprint density at radius 1 is 1.28 bits per heavy atom. The average molecular weight is 576 g/mol. The Hall–Kier alpha value is -3.21. The summed E-state index contributed by atoms with van der Waals surface area (Å²) in [5.41, 5.74) is -0.111. The first-order valence-corrected chi connectivity index (χ1v) is 13.9. The van der Waals surface area contributed by atoms with Gasteiger partial charge in [0.15, 0.2) is 0 Å². The predicted octanol–water partition coefficient (Wildman–Crippen LogP) is 5.54. The van der Waals surface area contributed by atoms with E-state index in [0.717, 1.165) is 37.1 Å². The quantitative estimate of drug-likeness (QED) is 0.356. The zero-order chi connectivity index (χ0) is 28.2. The molecular formula is C28H31ClFN3O5S. The highest BCUT2D eigenvalue weighted by Crippen LogP contribution is 2.36. The predicted molar refractivity (Wildman–Crippen MR) is 147 cm³/mol. The van der Waals surface area contributed by atoms with Crippen LogP contribution in [0.15, 0.2) is 42.6 Å². The van der Waals surface area contributed by atoms with Crippen molar-refractivity contribution < 1.29 is 28.9 Å². The molecule has 1 atom stereocenters. The zero-order valence-corrected chi connectivity index (χ0v) is 23.3. The molecular weight excluding hydrogens is 545 g/mol. The van der Waals surface area contributed by atoms with Crippen molar-refractivity contribution in [2.24, 2.45) is 0 Å². The Bertz CT molecular complexity index is 1330. The molecule has 3 N–H and O–H groups in total. The Balaban J connectivity index is 0.000000292. The molecule has 0 bridgehead atoms. The number of phenols is 1. The van der Waals surface area contributed by atoms with Gasteiger partial charge in [-0.2, -0.15) is 0 Å². The second-order valence-corrected chi connectivity index (χ2v) is 11.7. The van der Waals surface area contributed by atoms with Gasteiger partial charge in [-0.15, -0.1) is 11.3 Å². The van der Waals surface area contributed by atoms with Gasteiger partial charge in [-0.25, -0.2) is 14.2 Å². The number of benzene rings is 2. The fourth-order valence-electron chi connectivity index (χ4n) is 4.36. The van der Waals surface area contributed by atoms with Crippen molar-refractivity contribution in [3.8, 4) is 16.2 Å². The number of carbonyl (C=O) groups excluding carboxylic acids is 2. The molecule has 3 aromatic rings. The van der Waals surface area contributed by atoms with E-state index in [1.54, 1.807) is 38.1 Å². The molecule has 0 saturated carbocycles. The van der Waals surface area contributed by atoms with Crippen LogP contribution in [0.25, 0.3) is 10.4 Å². The first-order valence-electron chi connectivity index (χ1n) is 12.7. The topological polar surface area (TPSA) is 112 Å². The number of carbonyl (C=O) groups is 2. The number of phenolic OH excluding ortho intramolecular Hbond substituents is 1. The van der Waals surface area contributed by atoms with E-state index in [2.05, 4.69) is 10.3 Å². The van der Waals surface area contributed by atoms with Crippen LogP contribution < -0.4 is 5.32 Å². The van der Waals surface area contributed by atoms with Crippen LogP contribution in [0, 0.1) is 5.82 Å². The number of hydrogen-bond acceptors (Lipinski definition) is 7. The number of hydrogen-bond donors (Lipinski definition) is 3. The normalized spacial score (nSPS) is 16.7. The van der Waals surface area contributed by atoms with Crippen LogP contribution in [0.5, 0.6) is 5.75 Å². The number of halogens is 2. The summed E-state index contributed by atoms with van der Waals surface area (Å²) in [4.78, 5) is 29.9. The molecule has 2 aliphatic rings. The lowest BCUT2D eigenvalue weighted by Crippen LogP contribution is -2.37. The summed E-state index contributed by atoms with van der Waals surface area (Å²) in [7, 11) is 0. The smallest absolute Gasteiger partial charge is 0.410 e. The number of cyclic esters (lactones) is 1. The minimum absolute atomic E-state index is 0.107. The van der Waals surface area contributed by atoms with Crippen LogP contribution in [-0.4, -0.2) is 56.9 Å². The van der Waals surface area contributed by atoms with Crippen LogP contribution in [0.2, 0.25) is 5.02 Å². The van der Waals surface area contributed by atoms with Crippen molar-refractivity contribution in [2.45, 2.75) is 57.7 Å². The van der Waals surface area contributed by atoms with Gasteiger partial charge in [-0.05, 0) is 62.9 Å². The molecule has 8 nitrogen and oxygen atoms in total. The number of aromatic nitrogens is 1. The van der Waals surface area contributed by atoms with Crippen LogP contribution in [0.4, 0.5) is 9.18 Å². The van der Waals surface area contributed by atoms with E-state index in [-0.39, 0.29) is 29.5 Å². The Morgan fingerprint density at radius 3 is 2.72 bits per heavy atom. The van der Waals surface area contributed by atoms with E-state index in [1.165, 1.54) is 24.0 Å². The van der Waals surface area contributed by atoms with Crippen molar-refractivity contribution >= 4 is 34.9 Å². The number of nitrogens with zero attached hydrogens (tertiary/aromatic N) is 2. The molecule has 1 unspecified atom stereocenters. The lowest BCUT2D eigenvalue weighted by Gasteiger charge is -2.25. The third kappa shape index (κ3) is 7.68. The van der Waals surface area contributed by atoms with Crippen molar-refractivity contribution in [3.63, 3.8) is 0 Å². The van der Waals surface area contributed by atoms with E-state index in [9.17, 15) is 24.2 Å². The van der Waals surface area contributed by atoms with Crippen LogP contribution in [0.1, 0.15) is 54.0 Å². The zero-order valence-electron chi connectivity index (χ0n) is 21.7. The Morgan fingerprint density at radius 2 is 2.03 bits per heavy atom. The maximum absolute atomic E-state index is 14.6. The molecule has 2 aromatic carbocycles. The molecule has 2 aliphatic heterocycles. The molecule has 2 saturated heterocycles. The summed E-state index contributed by atoms with van der Waals surface area (Å²) < 4.78 is 19.5. The number of aliphatic hydroxyl groups is 1. The first-order chi connectivity index (χ1) is 18.5. The fourth-order valence-corrected chi connectivity index (χ4v) is 5.65. The monoisotopic (exact) mass is 575 g/mol. The van der Waals surface area contributed by atoms with E-state index in [1.807, 2.05) is 4.90 Å². The van der Waals surface area contributed by atoms with Gasteiger partial charge >= 0.3 is 6.09 Å². The number of rotatable bonds is 6. The molecule has 2 fully saturated rings. The molecule has 3 heterocycles. The van der Waals surface area contributed by atoms with Gasteiger partial charge in [-0.3, -0.25) is 4.79 Å². The van der Waals surface area contributed by atoms with Crippen LogP contribution in [-0.2, 0) is 17.7 Å². The molecule has 11 heteroatoms. The van der Waals surface area contributed by atoms with Gasteiger partial charge in [0, 0.05) is 36.3 Å². The largest absolute Gasteiger partial charge is 0.507 e. The summed E-state index contributed by atoms with van der Waals surface area (Å²) in [6.45, 7) is 5.07. The molecule has 1 aromatic heterocycles. The third-order valence-electron chi connectivity index (χ3n) is 6.36. The van der Waals surface area contributed by atoms with Crippen molar-refractivity contribution in [1.29, 1.82) is 0 Å². The highest BCUT2D eigenvalue weighted by Gasteiger charge is 2.34. The highest BCUT2D eigenvalue weighted by molar-refractivity contribution is 7.15. The summed E-state index contributed by atoms with van der Waals surface area (Å²) in [6, 6.07) is 9.55. The van der Waals surface area contributed by atoms with Gasteiger partial charge in [0.1, 0.15) is 18.2 Å². The highest BCUT2D eigenvalue weighted by atomic mass is 35.5. The third-order valence-corrected chi connectivity index (χ3v) is 7.64. The van der Waals surface area contributed by atoms with Crippen molar-refractivity contribution in [3.05, 3.63) is 69.6 Å². The molecule has 2 amide bonds. The maximum atomic E-state index is 14.6. The Labute approximate surface area is 235 Å². The standard InChI is InChI=1S/C21H20ClFN2O3S.C7H11NO2/c1-21(2,28)9-19-24-11-18(29-19)15-7-16(23)14(8-17(15)26)20(27)25-10-12-3-5-13(22)6-4-12;9-7-8-4-2-1-3-6(8)5-10-7/h3-8,11,26,28H,9-10H2,1-2H3,(H,25,27);6H,1-5H2. The second-order valence-electron chi connectivity index (χ2n) is 10.2. The average Bonchev–Trinajstić information content (AvgIpc) is 3.50. The van der Waals surface area contributed by atoms with E-state index < -0.39 is 17.3 Å². The summed E-state index contributed by atoms with van der Waals surface area (Å²) in [6.07, 6.45) is 5.27. The van der Waals surface area contributed by atoms with Gasteiger partial charge in [0.25, 0.3) is 5.91 Å².